The average molecular weight is 569 g/mol. The van der Waals surface area contributed by atoms with Gasteiger partial charge in [-0.3, -0.25) is 9.59 Å². The van der Waals surface area contributed by atoms with Gasteiger partial charge < -0.3 is 10.1 Å². The third kappa shape index (κ3) is 4.80. The van der Waals surface area contributed by atoms with Crippen LogP contribution in [-0.2, 0) is 16.2 Å². The summed E-state index contributed by atoms with van der Waals surface area (Å²) >= 11 is 10.1. The van der Waals surface area contributed by atoms with Crippen molar-refractivity contribution in [3.05, 3.63) is 85.6 Å². The first-order valence-electron chi connectivity index (χ1n) is 12.4. The molecule has 0 saturated carbocycles. The van der Waals surface area contributed by atoms with Gasteiger partial charge in [0.2, 0.25) is 0 Å². The van der Waals surface area contributed by atoms with Crippen molar-refractivity contribution in [2.45, 2.75) is 65.9 Å². The predicted octanol–water partition coefficient (Wildman–Crippen LogP) is 7.65. The zero-order valence-corrected chi connectivity index (χ0v) is 23.5. The molecule has 1 N–H and O–H groups in total. The monoisotopic (exact) mass is 567 g/mol. The molecule has 0 unspecified atom stereocenters. The fourth-order valence-corrected chi connectivity index (χ4v) is 6.43. The van der Waals surface area contributed by atoms with E-state index in [0.717, 1.165) is 39.8 Å². The first kappa shape index (κ1) is 25.3. The van der Waals surface area contributed by atoms with E-state index in [1.807, 2.05) is 36.4 Å². The maximum atomic E-state index is 13.6. The van der Waals surface area contributed by atoms with Crippen LogP contribution in [0.15, 0.2) is 69.5 Å². The normalized spacial score (nSPS) is 21.2. The third-order valence-corrected chi connectivity index (χ3v) is 8.35. The molecule has 0 saturated heterocycles. The molecule has 1 heterocycles. The molecule has 36 heavy (non-hydrogen) atoms. The number of Topliss-reactive ketones (excluding diaryl/α,β-unsaturated/α-hetero) is 2. The van der Waals surface area contributed by atoms with Crippen LogP contribution in [0.5, 0.6) is 5.75 Å². The Morgan fingerprint density at radius 1 is 0.917 bits per heavy atom. The Bertz CT molecular complexity index is 1290. The van der Waals surface area contributed by atoms with E-state index in [4.69, 9.17) is 16.3 Å². The standard InChI is InChI=1S/C30H31BrClNO3/c1-29(2)12-21-27(23(34)14-29)26(28-22(33-21)13-30(3,4)15-24(28)35)19-11-18(32)9-10-25(19)36-16-17-7-5-6-8-20(17)31/h5-11,26,33H,12-16H2,1-4H3. The molecule has 0 bridgehead atoms. The molecule has 5 rings (SSSR count). The van der Waals surface area contributed by atoms with Crippen LogP contribution in [0.4, 0.5) is 0 Å². The van der Waals surface area contributed by atoms with Crippen LogP contribution in [0, 0.1) is 10.8 Å². The molecule has 4 nitrogen and oxygen atoms in total. The van der Waals surface area contributed by atoms with Crippen molar-refractivity contribution in [3.8, 4) is 5.75 Å². The van der Waals surface area contributed by atoms with E-state index in [0.29, 0.717) is 41.4 Å². The summed E-state index contributed by atoms with van der Waals surface area (Å²) < 4.78 is 7.31. The van der Waals surface area contributed by atoms with Crippen molar-refractivity contribution >= 4 is 39.1 Å². The van der Waals surface area contributed by atoms with E-state index in [1.54, 1.807) is 6.07 Å². The number of hydrogen-bond acceptors (Lipinski definition) is 4. The smallest absolute Gasteiger partial charge is 0.162 e. The summed E-state index contributed by atoms with van der Waals surface area (Å²) in [4.78, 5) is 27.3. The highest BCUT2D eigenvalue weighted by Gasteiger charge is 2.47. The first-order chi connectivity index (χ1) is 16.9. The van der Waals surface area contributed by atoms with Gasteiger partial charge in [-0.15, -0.1) is 0 Å². The van der Waals surface area contributed by atoms with Gasteiger partial charge in [0.15, 0.2) is 11.6 Å². The second-order valence-corrected chi connectivity index (χ2v) is 13.1. The van der Waals surface area contributed by atoms with E-state index in [9.17, 15) is 9.59 Å². The molecule has 0 radical (unpaired) electrons. The summed E-state index contributed by atoms with van der Waals surface area (Å²) in [6.07, 6.45) is 2.40. The summed E-state index contributed by atoms with van der Waals surface area (Å²) in [6, 6.07) is 13.4. The van der Waals surface area contributed by atoms with Crippen LogP contribution >= 0.6 is 27.5 Å². The number of hydrogen-bond donors (Lipinski definition) is 1. The molecule has 0 amide bonds. The van der Waals surface area contributed by atoms with Crippen molar-refractivity contribution in [1.82, 2.24) is 5.32 Å². The Balaban J connectivity index is 1.65. The van der Waals surface area contributed by atoms with Crippen LogP contribution in [0.2, 0.25) is 5.02 Å². The minimum atomic E-state index is -0.489. The topological polar surface area (TPSA) is 55.4 Å². The molecule has 188 valence electrons. The zero-order chi connectivity index (χ0) is 25.8. The lowest BCUT2D eigenvalue weighted by atomic mass is 9.64. The molecule has 2 aromatic carbocycles. The van der Waals surface area contributed by atoms with Crippen LogP contribution in [0.3, 0.4) is 0 Å². The molecular weight excluding hydrogens is 538 g/mol. The second-order valence-electron chi connectivity index (χ2n) is 11.8. The molecule has 0 spiro atoms. The van der Waals surface area contributed by atoms with E-state index in [2.05, 4.69) is 48.9 Å². The molecule has 2 aliphatic carbocycles. The Morgan fingerprint density at radius 2 is 1.50 bits per heavy atom. The highest BCUT2D eigenvalue weighted by atomic mass is 79.9. The van der Waals surface area contributed by atoms with Crippen molar-refractivity contribution in [2.75, 3.05) is 0 Å². The summed E-state index contributed by atoms with van der Waals surface area (Å²) in [5, 5.41) is 4.12. The van der Waals surface area contributed by atoms with Crippen LogP contribution in [0.1, 0.15) is 70.4 Å². The average Bonchev–Trinajstić information content (AvgIpc) is 2.76. The van der Waals surface area contributed by atoms with Gasteiger partial charge in [0.05, 0.1) is 0 Å². The molecular formula is C30H31BrClNO3. The quantitative estimate of drug-likeness (QED) is 0.411. The maximum absolute atomic E-state index is 13.6. The Labute approximate surface area is 226 Å². The van der Waals surface area contributed by atoms with Crippen LogP contribution < -0.4 is 10.1 Å². The number of halogens is 2. The van der Waals surface area contributed by atoms with Crippen molar-refractivity contribution in [2.24, 2.45) is 10.8 Å². The van der Waals surface area contributed by atoms with Gasteiger partial charge in [-0.1, -0.05) is 73.4 Å². The van der Waals surface area contributed by atoms with E-state index in [1.165, 1.54) is 0 Å². The fourth-order valence-electron chi connectivity index (χ4n) is 5.85. The molecule has 3 aliphatic rings. The predicted molar refractivity (Wildman–Crippen MR) is 146 cm³/mol. The van der Waals surface area contributed by atoms with Gasteiger partial charge in [-0.25, -0.2) is 0 Å². The first-order valence-corrected chi connectivity index (χ1v) is 13.6. The number of ketones is 2. The largest absolute Gasteiger partial charge is 0.489 e. The molecule has 2 aromatic rings. The molecule has 6 heteroatoms. The Kier molecular flexibility index (Phi) is 6.45. The molecule has 0 aromatic heterocycles. The lowest BCUT2D eigenvalue weighted by Gasteiger charge is -2.44. The highest BCUT2D eigenvalue weighted by Crippen LogP contribution is 2.52. The lowest BCUT2D eigenvalue weighted by Crippen LogP contribution is -2.42. The van der Waals surface area contributed by atoms with E-state index in [-0.39, 0.29) is 22.4 Å². The van der Waals surface area contributed by atoms with Gasteiger partial charge in [-0.05, 0) is 47.9 Å². The maximum Gasteiger partial charge on any atom is 0.162 e. The molecule has 0 fully saturated rings. The summed E-state index contributed by atoms with van der Waals surface area (Å²) in [5.74, 6) is 0.312. The minimum absolute atomic E-state index is 0.0830. The number of ether oxygens (including phenoxy) is 1. The van der Waals surface area contributed by atoms with E-state index >= 15 is 0 Å². The van der Waals surface area contributed by atoms with Crippen molar-refractivity contribution in [3.63, 3.8) is 0 Å². The number of allylic oxidation sites excluding steroid dienone is 4. The number of carbonyl (C=O) groups is 2. The zero-order valence-electron chi connectivity index (χ0n) is 21.1. The number of nitrogens with one attached hydrogen (secondary N) is 1. The summed E-state index contributed by atoms with van der Waals surface area (Å²) in [7, 11) is 0. The SMILES string of the molecule is CC1(C)CC(=O)C2=C(C1)NC1=C(C(=O)CC(C)(C)C1)C2c1cc(Cl)ccc1OCc1ccccc1Br. The van der Waals surface area contributed by atoms with Gasteiger partial charge in [0.1, 0.15) is 12.4 Å². The molecule has 0 atom stereocenters. The van der Waals surface area contributed by atoms with Gasteiger partial charge >= 0.3 is 0 Å². The van der Waals surface area contributed by atoms with Gasteiger partial charge in [0, 0.05) is 61.9 Å². The van der Waals surface area contributed by atoms with Gasteiger partial charge in [-0.2, -0.15) is 0 Å². The van der Waals surface area contributed by atoms with E-state index < -0.39 is 5.92 Å². The number of benzene rings is 2. The summed E-state index contributed by atoms with van der Waals surface area (Å²) in [5.41, 5.74) is 4.74. The second kappa shape index (κ2) is 9.18. The highest BCUT2D eigenvalue weighted by molar-refractivity contribution is 9.10. The molecule has 1 aliphatic heterocycles. The minimum Gasteiger partial charge on any atom is -0.489 e. The Morgan fingerprint density at radius 3 is 2.08 bits per heavy atom. The third-order valence-electron chi connectivity index (χ3n) is 7.34. The lowest BCUT2D eigenvalue weighted by molar-refractivity contribution is -0.119. The van der Waals surface area contributed by atoms with Crippen LogP contribution in [0.25, 0.3) is 0 Å². The summed E-state index contributed by atoms with van der Waals surface area (Å²) in [6.45, 7) is 8.84. The number of rotatable bonds is 4. The van der Waals surface area contributed by atoms with Crippen molar-refractivity contribution < 1.29 is 14.3 Å². The Hall–Kier alpha value is -2.37. The van der Waals surface area contributed by atoms with Crippen molar-refractivity contribution in [1.29, 1.82) is 0 Å². The van der Waals surface area contributed by atoms with Gasteiger partial charge in [0.25, 0.3) is 0 Å². The fraction of sp³-hybridized carbons (Fsp3) is 0.400. The number of carbonyl (C=O) groups excluding carboxylic acids is 2. The van der Waals surface area contributed by atoms with Crippen LogP contribution in [-0.4, -0.2) is 11.6 Å². The number of dihydropyridines is 1.